The fourth-order valence-corrected chi connectivity index (χ4v) is 3.79. The highest BCUT2D eigenvalue weighted by Gasteiger charge is 2.28. The maximum Gasteiger partial charge on any atom is 0.291 e. The molecule has 7 nitrogen and oxygen atoms in total. The quantitative estimate of drug-likeness (QED) is 0.695. The lowest BCUT2D eigenvalue weighted by atomic mass is 10.2. The van der Waals surface area contributed by atoms with Gasteiger partial charge in [0.2, 0.25) is 5.91 Å². The summed E-state index contributed by atoms with van der Waals surface area (Å²) in [5.74, 6) is 0.0552. The van der Waals surface area contributed by atoms with Crippen molar-refractivity contribution in [3.05, 3.63) is 40.8 Å². The molecule has 0 aliphatic carbocycles. The Bertz CT molecular complexity index is 1040. The van der Waals surface area contributed by atoms with E-state index in [0.717, 1.165) is 42.5 Å². The van der Waals surface area contributed by atoms with Crippen molar-refractivity contribution in [2.75, 3.05) is 33.2 Å². The van der Waals surface area contributed by atoms with Crippen LogP contribution in [0.3, 0.4) is 0 Å². The zero-order chi connectivity index (χ0) is 18.4. The fourth-order valence-electron chi connectivity index (χ4n) is 3.79. The molecule has 1 aliphatic heterocycles. The second kappa shape index (κ2) is 6.25. The van der Waals surface area contributed by atoms with Crippen molar-refractivity contribution in [1.29, 1.82) is 0 Å². The number of rotatable bonds is 2. The van der Waals surface area contributed by atoms with Crippen molar-refractivity contribution in [3.8, 4) is 0 Å². The number of benzene rings is 1. The largest absolute Gasteiger partial charge is 0.338 e. The Morgan fingerprint density at radius 2 is 1.77 bits per heavy atom. The normalized spacial score (nSPS) is 17.1. The molecule has 0 N–H and O–H groups in total. The summed E-state index contributed by atoms with van der Waals surface area (Å²) in [6.45, 7) is 5.06. The molecule has 1 atom stereocenters. The monoisotopic (exact) mass is 353 g/mol. The third-order valence-electron chi connectivity index (χ3n) is 5.37. The van der Waals surface area contributed by atoms with Crippen LogP contribution in [0.15, 0.2) is 35.3 Å². The van der Waals surface area contributed by atoms with Crippen molar-refractivity contribution in [3.63, 3.8) is 0 Å². The third kappa shape index (κ3) is 2.50. The number of aryl methyl sites for hydroxylation is 1. The van der Waals surface area contributed by atoms with Gasteiger partial charge in [-0.2, -0.15) is 5.10 Å². The maximum atomic E-state index is 13.1. The summed E-state index contributed by atoms with van der Waals surface area (Å²) in [6, 6.07) is 7.36. The number of carbonyl (C=O) groups is 1. The van der Waals surface area contributed by atoms with Crippen molar-refractivity contribution in [1.82, 2.24) is 24.1 Å². The van der Waals surface area contributed by atoms with Gasteiger partial charge in [0, 0.05) is 44.0 Å². The lowest BCUT2D eigenvalue weighted by molar-refractivity contribution is -0.135. The lowest BCUT2D eigenvalue weighted by Crippen LogP contribution is -2.49. The van der Waals surface area contributed by atoms with Gasteiger partial charge in [-0.05, 0) is 20.0 Å². The summed E-state index contributed by atoms with van der Waals surface area (Å²) < 4.78 is 3.21. The smallest absolute Gasteiger partial charge is 0.291 e. The van der Waals surface area contributed by atoms with Crippen molar-refractivity contribution >= 4 is 27.7 Å². The zero-order valence-corrected chi connectivity index (χ0v) is 15.3. The molecule has 3 aromatic rings. The van der Waals surface area contributed by atoms with E-state index < -0.39 is 6.04 Å². The first kappa shape index (κ1) is 16.8. The molecule has 2 aromatic heterocycles. The Balaban J connectivity index is 1.88. The molecule has 1 aliphatic rings. The van der Waals surface area contributed by atoms with E-state index in [9.17, 15) is 9.59 Å². The Morgan fingerprint density at radius 3 is 2.50 bits per heavy atom. The van der Waals surface area contributed by atoms with Gasteiger partial charge < -0.3 is 14.4 Å². The van der Waals surface area contributed by atoms with E-state index in [0.29, 0.717) is 5.52 Å². The third-order valence-corrected chi connectivity index (χ3v) is 5.37. The Hall–Kier alpha value is -2.67. The second-order valence-electron chi connectivity index (χ2n) is 7.03. The molecule has 1 unspecified atom stereocenters. The van der Waals surface area contributed by atoms with E-state index >= 15 is 0 Å². The first-order valence-electron chi connectivity index (χ1n) is 8.91. The van der Waals surface area contributed by atoms with Gasteiger partial charge >= 0.3 is 0 Å². The predicted molar refractivity (Wildman–Crippen MR) is 101 cm³/mol. The van der Waals surface area contributed by atoms with Crippen LogP contribution in [0.4, 0.5) is 0 Å². The Morgan fingerprint density at radius 1 is 1.08 bits per heavy atom. The van der Waals surface area contributed by atoms with Gasteiger partial charge in [0.1, 0.15) is 11.6 Å². The van der Waals surface area contributed by atoms with Crippen molar-refractivity contribution in [2.24, 2.45) is 7.05 Å². The highest BCUT2D eigenvalue weighted by molar-refractivity contribution is 6.08. The van der Waals surface area contributed by atoms with Crippen LogP contribution < -0.4 is 5.56 Å². The van der Waals surface area contributed by atoms with Crippen LogP contribution in [-0.4, -0.2) is 63.3 Å². The van der Waals surface area contributed by atoms with E-state index in [1.807, 2.05) is 40.7 Å². The molecule has 136 valence electrons. The molecule has 0 radical (unpaired) electrons. The molecule has 1 saturated heterocycles. The number of likely N-dealkylation sites (N-methyl/N-ethyl adjacent to an activating group) is 1. The summed E-state index contributed by atoms with van der Waals surface area (Å²) in [6.07, 6.45) is 1.71. The minimum atomic E-state index is -0.448. The van der Waals surface area contributed by atoms with Gasteiger partial charge in [-0.25, -0.2) is 4.68 Å². The molecule has 1 aromatic carbocycles. The molecule has 26 heavy (non-hydrogen) atoms. The first-order chi connectivity index (χ1) is 12.5. The van der Waals surface area contributed by atoms with E-state index in [1.165, 1.54) is 4.68 Å². The number of nitrogens with zero attached hydrogens (tertiary/aromatic N) is 5. The van der Waals surface area contributed by atoms with E-state index in [-0.39, 0.29) is 11.5 Å². The van der Waals surface area contributed by atoms with Crippen LogP contribution >= 0.6 is 0 Å². The van der Waals surface area contributed by atoms with Crippen LogP contribution in [0.2, 0.25) is 0 Å². The van der Waals surface area contributed by atoms with Crippen LogP contribution in [-0.2, 0) is 11.8 Å². The first-order valence-corrected chi connectivity index (χ1v) is 8.91. The molecular formula is C19H23N5O2. The van der Waals surface area contributed by atoms with Gasteiger partial charge in [0.05, 0.1) is 11.7 Å². The molecular weight excluding hydrogens is 330 g/mol. The molecule has 7 heteroatoms. The number of para-hydroxylation sites is 1. The minimum Gasteiger partial charge on any atom is -0.338 e. The van der Waals surface area contributed by atoms with Crippen molar-refractivity contribution in [2.45, 2.75) is 13.0 Å². The van der Waals surface area contributed by atoms with Crippen LogP contribution in [0.25, 0.3) is 21.8 Å². The van der Waals surface area contributed by atoms with E-state index in [2.05, 4.69) is 17.0 Å². The van der Waals surface area contributed by atoms with Crippen LogP contribution in [0.1, 0.15) is 13.0 Å². The summed E-state index contributed by atoms with van der Waals surface area (Å²) in [7, 11) is 3.70. The van der Waals surface area contributed by atoms with E-state index in [1.54, 1.807) is 13.2 Å². The lowest BCUT2D eigenvalue weighted by Gasteiger charge is -2.34. The molecule has 0 spiro atoms. The zero-order valence-electron chi connectivity index (χ0n) is 15.3. The van der Waals surface area contributed by atoms with Gasteiger partial charge in [-0.15, -0.1) is 0 Å². The number of fused-ring (bicyclic) bond motifs is 3. The highest BCUT2D eigenvalue weighted by atomic mass is 16.2. The average molecular weight is 353 g/mol. The maximum absolute atomic E-state index is 13.1. The van der Waals surface area contributed by atoms with Gasteiger partial charge in [-0.1, -0.05) is 18.2 Å². The summed E-state index contributed by atoms with van der Waals surface area (Å²) in [5, 5.41) is 5.91. The van der Waals surface area contributed by atoms with Crippen molar-refractivity contribution < 1.29 is 4.79 Å². The van der Waals surface area contributed by atoms with E-state index in [4.69, 9.17) is 0 Å². The number of hydrogen-bond acceptors (Lipinski definition) is 4. The number of carbonyl (C=O) groups excluding carboxylic acids is 1. The molecule has 1 amide bonds. The fraction of sp³-hybridized carbons (Fsp3) is 0.421. The van der Waals surface area contributed by atoms with Crippen LogP contribution in [0, 0.1) is 0 Å². The molecule has 1 fully saturated rings. The second-order valence-corrected chi connectivity index (χ2v) is 7.03. The summed E-state index contributed by atoms with van der Waals surface area (Å²) in [4.78, 5) is 30.1. The van der Waals surface area contributed by atoms with Gasteiger partial charge in [-0.3, -0.25) is 9.59 Å². The minimum absolute atomic E-state index is 0.0552. The Labute approximate surface area is 151 Å². The van der Waals surface area contributed by atoms with Gasteiger partial charge in [0.15, 0.2) is 0 Å². The van der Waals surface area contributed by atoms with Crippen LogP contribution in [0.5, 0.6) is 0 Å². The average Bonchev–Trinajstić information content (AvgIpc) is 2.99. The van der Waals surface area contributed by atoms with Gasteiger partial charge in [0.25, 0.3) is 5.56 Å². The number of amides is 1. The summed E-state index contributed by atoms with van der Waals surface area (Å²) in [5.41, 5.74) is 1.25. The molecule has 3 heterocycles. The number of hydrogen-bond donors (Lipinski definition) is 0. The predicted octanol–water partition coefficient (Wildman–Crippen LogP) is 1.22. The summed E-state index contributed by atoms with van der Waals surface area (Å²) >= 11 is 0. The highest BCUT2D eigenvalue weighted by Crippen LogP contribution is 2.30. The SMILES string of the molecule is CC(C(=O)N1CCN(C)CC1)n1c2ccccc2c2cnn(C)c(=O)c21. The molecule has 0 bridgehead atoms. The topological polar surface area (TPSA) is 63.4 Å². The number of aromatic nitrogens is 3. The standard InChI is InChI=1S/C19H23N5O2/c1-13(18(25)23-10-8-21(2)9-11-23)24-16-7-5-4-6-14(16)15-12-20-22(3)19(26)17(15)24/h4-7,12-13H,8-11H2,1-3H3. The molecule has 4 rings (SSSR count). The number of piperazine rings is 1. The molecule has 0 saturated carbocycles. The Kier molecular flexibility index (Phi) is 4.03.